The second kappa shape index (κ2) is 8.63. The van der Waals surface area contributed by atoms with Gasteiger partial charge in [0.15, 0.2) is 0 Å². The number of ether oxygens (including phenoxy) is 1. The first kappa shape index (κ1) is 18.2. The van der Waals surface area contributed by atoms with Gasteiger partial charge in [0, 0.05) is 6.04 Å². The van der Waals surface area contributed by atoms with Crippen LogP contribution in [0, 0.1) is 0 Å². The Balaban J connectivity index is 1.59. The van der Waals surface area contributed by atoms with Crippen molar-refractivity contribution in [3.05, 3.63) is 83.4 Å². The van der Waals surface area contributed by atoms with Crippen molar-refractivity contribution in [1.82, 2.24) is 5.32 Å². The molecule has 3 rings (SSSR count). The molecule has 3 aromatic rings. The summed E-state index contributed by atoms with van der Waals surface area (Å²) in [4.78, 5) is 11.8. The molecule has 3 aromatic carbocycles. The Labute approximate surface area is 155 Å². The Morgan fingerprint density at radius 1 is 1.00 bits per heavy atom. The summed E-state index contributed by atoms with van der Waals surface area (Å²) in [6.45, 7) is 3.09. The standard InChI is InChI=1S/C23H25NO2/c1-17(20-15-7-11-18-9-3-5-13-21(18)20)24-16-8-12-19-10-4-6-14-22(19)23(25)26-2/h3-7,9-11,13-15,17,24H,8,12,16H2,1-2H3. The van der Waals surface area contributed by atoms with Crippen LogP contribution in [0.2, 0.25) is 0 Å². The smallest absolute Gasteiger partial charge is 0.338 e. The summed E-state index contributed by atoms with van der Waals surface area (Å²) in [5.41, 5.74) is 3.02. The number of hydrogen-bond acceptors (Lipinski definition) is 3. The van der Waals surface area contributed by atoms with Gasteiger partial charge < -0.3 is 10.1 Å². The van der Waals surface area contributed by atoms with Crippen LogP contribution in [0.15, 0.2) is 66.7 Å². The number of nitrogens with one attached hydrogen (secondary N) is 1. The largest absolute Gasteiger partial charge is 0.465 e. The lowest BCUT2D eigenvalue weighted by Gasteiger charge is -2.17. The molecule has 0 aliphatic rings. The van der Waals surface area contributed by atoms with E-state index in [0.717, 1.165) is 24.9 Å². The number of aryl methyl sites for hydroxylation is 1. The zero-order valence-electron chi connectivity index (χ0n) is 15.4. The average molecular weight is 347 g/mol. The second-order valence-electron chi connectivity index (χ2n) is 6.50. The summed E-state index contributed by atoms with van der Waals surface area (Å²) < 4.78 is 4.87. The molecule has 1 N–H and O–H groups in total. The Hall–Kier alpha value is -2.65. The van der Waals surface area contributed by atoms with E-state index in [1.807, 2.05) is 24.3 Å². The van der Waals surface area contributed by atoms with Gasteiger partial charge in [0.2, 0.25) is 0 Å². The number of esters is 1. The van der Waals surface area contributed by atoms with Crippen LogP contribution in [-0.4, -0.2) is 19.6 Å². The van der Waals surface area contributed by atoms with Crippen molar-refractivity contribution in [2.45, 2.75) is 25.8 Å². The molecule has 0 fully saturated rings. The van der Waals surface area contributed by atoms with E-state index in [-0.39, 0.29) is 12.0 Å². The first-order valence-electron chi connectivity index (χ1n) is 9.08. The molecule has 0 aromatic heterocycles. The minimum atomic E-state index is -0.266. The van der Waals surface area contributed by atoms with Crippen molar-refractivity contribution in [2.24, 2.45) is 0 Å². The number of carbonyl (C=O) groups excluding carboxylic acids is 1. The number of methoxy groups -OCH3 is 1. The predicted molar refractivity (Wildman–Crippen MR) is 106 cm³/mol. The first-order valence-corrected chi connectivity index (χ1v) is 9.08. The second-order valence-corrected chi connectivity index (χ2v) is 6.50. The van der Waals surface area contributed by atoms with Gasteiger partial charge in [-0.15, -0.1) is 0 Å². The maximum atomic E-state index is 11.8. The number of rotatable bonds is 7. The van der Waals surface area contributed by atoms with Gasteiger partial charge in [-0.05, 0) is 54.3 Å². The fourth-order valence-corrected chi connectivity index (χ4v) is 3.38. The van der Waals surface area contributed by atoms with Crippen molar-refractivity contribution in [2.75, 3.05) is 13.7 Å². The third-order valence-electron chi connectivity index (χ3n) is 4.79. The molecule has 0 bridgehead atoms. The molecule has 0 heterocycles. The van der Waals surface area contributed by atoms with Gasteiger partial charge in [-0.2, -0.15) is 0 Å². The summed E-state index contributed by atoms with van der Waals surface area (Å²) in [7, 11) is 1.42. The van der Waals surface area contributed by atoms with Crippen molar-refractivity contribution in [3.63, 3.8) is 0 Å². The summed E-state index contributed by atoms with van der Waals surface area (Å²) >= 11 is 0. The van der Waals surface area contributed by atoms with Crippen molar-refractivity contribution >= 4 is 16.7 Å². The zero-order chi connectivity index (χ0) is 18.4. The molecule has 134 valence electrons. The van der Waals surface area contributed by atoms with E-state index in [1.54, 1.807) is 0 Å². The lowest BCUT2D eigenvalue weighted by atomic mass is 9.99. The van der Waals surface area contributed by atoms with E-state index in [4.69, 9.17) is 4.74 Å². The molecule has 1 unspecified atom stereocenters. The minimum absolute atomic E-state index is 0.266. The average Bonchev–Trinajstić information content (AvgIpc) is 2.70. The van der Waals surface area contributed by atoms with Crippen LogP contribution in [0.5, 0.6) is 0 Å². The maximum absolute atomic E-state index is 11.8. The van der Waals surface area contributed by atoms with Gasteiger partial charge in [0.25, 0.3) is 0 Å². The van der Waals surface area contributed by atoms with E-state index < -0.39 is 0 Å². The summed E-state index contributed by atoms with van der Waals surface area (Å²) in [6.07, 6.45) is 1.81. The number of carbonyl (C=O) groups is 1. The minimum Gasteiger partial charge on any atom is -0.465 e. The van der Waals surface area contributed by atoms with Gasteiger partial charge in [0.1, 0.15) is 0 Å². The fraction of sp³-hybridized carbons (Fsp3) is 0.261. The number of hydrogen-bond donors (Lipinski definition) is 1. The molecule has 0 spiro atoms. The quantitative estimate of drug-likeness (QED) is 0.487. The van der Waals surface area contributed by atoms with Crippen LogP contribution < -0.4 is 5.32 Å². The molecule has 0 aliphatic heterocycles. The van der Waals surface area contributed by atoms with Crippen molar-refractivity contribution in [1.29, 1.82) is 0 Å². The molecule has 26 heavy (non-hydrogen) atoms. The summed E-state index contributed by atoms with van der Waals surface area (Å²) in [5, 5.41) is 6.17. The van der Waals surface area contributed by atoms with Gasteiger partial charge >= 0.3 is 5.97 Å². The highest BCUT2D eigenvalue weighted by atomic mass is 16.5. The van der Waals surface area contributed by atoms with Gasteiger partial charge in [-0.1, -0.05) is 60.7 Å². The molecule has 0 saturated carbocycles. The van der Waals surface area contributed by atoms with Crippen LogP contribution in [0.1, 0.15) is 40.9 Å². The normalized spacial score (nSPS) is 12.1. The molecule has 0 saturated heterocycles. The van der Waals surface area contributed by atoms with Crippen LogP contribution in [0.25, 0.3) is 10.8 Å². The highest BCUT2D eigenvalue weighted by Gasteiger charge is 2.11. The topological polar surface area (TPSA) is 38.3 Å². The zero-order valence-corrected chi connectivity index (χ0v) is 15.4. The van der Waals surface area contributed by atoms with E-state index in [1.165, 1.54) is 23.4 Å². The third kappa shape index (κ3) is 4.12. The van der Waals surface area contributed by atoms with E-state index in [2.05, 4.69) is 54.7 Å². The lowest BCUT2D eigenvalue weighted by molar-refractivity contribution is 0.0599. The Kier molecular flexibility index (Phi) is 6.03. The fourth-order valence-electron chi connectivity index (χ4n) is 3.38. The summed E-state index contributed by atoms with van der Waals surface area (Å²) in [5.74, 6) is -0.266. The van der Waals surface area contributed by atoms with Crippen LogP contribution in [0.4, 0.5) is 0 Å². The van der Waals surface area contributed by atoms with Gasteiger partial charge in [0.05, 0.1) is 12.7 Å². The van der Waals surface area contributed by atoms with Crippen LogP contribution >= 0.6 is 0 Å². The molecule has 1 atom stereocenters. The lowest BCUT2D eigenvalue weighted by Crippen LogP contribution is -2.20. The first-order chi connectivity index (χ1) is 12.7. The van der Waals surface area contributed by atoms with Gasteiger partial charge in [-0.3, -0.25) is 0 Å². The van der Waals surface area contributed by atoms with Crippen molar-refractivity contribution in [3.8, 4) is 0 Å². The molecule has 0 aliphatic carbocycles. The van der Waals surface area contributed by atoms with Crippen LogP contribution in [-0.2, 0) is 11.2 Å². The maximum Gasteiger partial charge on any atom is 0.338 e. The number of fused-ring (bicyclic) bond motifs is 1. The van der Waals surface area contributed by atoms with Crippen molar-refractivity contribution < 1.29 is 9.53 Å². The Morgan fingerprint density at radius 2 is 1.73 bits per heavy atom. The Bertz CT molecular complexity index is 883. The molecular weight excluding hydrogens is 322 g/mol. The highest BCUT2D eigenvalue weighted by Crippen LogP contribution is 2.24. The Morgan fingerprint density at radius 3 is 2.58 bits per heavy atom. The monoisotopic (exact) mass is 347 g/mol. The predicted octanol–water partition coefficient (Wildman–Crippen LogP) is 4.91. The summed E-state index contributed by atoms with van der Waals surface area (Å²) in [6, 6.07) is 22.9. The molecule has 3 heteroatoms. The highest BCUT2D eigenvalue weighted by molar-refractivity contribution is 5.91. The van der Waals surface area contributed by atoms with E-state index in [9.17, 15) is 4.79 Å². The van der Waals surface area contributed by atoms with Gasteiger partial charge in [-0.25, -0.2) is 4.79 Å². The van der Waals surface area contributed by atoms with E-state index >= 15 is 0 Å². The SMILES string of the molecule is COC(=O)c1ccccc1CCCNC(C)c1cccc2ccccc12. The molecule has 0 amide bonds. The molecular formula is C23H25NO2. The van der Waals surface area contributed by atoms with Crippen LogP contribution in [0.3, 0.4) is 0 Å². The third-order valence-corrected chi connectivity index (χ3v) is 4.79. The molecule has 3 nitrogen and oxygen atoms in total. The number of benzene rings is 3. The van der Waals surface area contributed by atoms with E-state index in [0.29, 0.717) is 5.56 Å². The molecule has 0 radical (unpaired) electrons.